The molecule has 0 aliphatic rings. The average molecular weight is 311 g/mol. The number of carboxylic acids is 1. The van der Waals surface area contributed by atoms with E-state index < -0.39 is 11.9 Å². The summed E-state index contributed by atoms with van der Waals surface area (Å²) in [6, 6.07) is 15.4. The van der Waals surface area contributed by atoms with Gasteiger partial charge in [-0.2, -0.15) is 0 Å². The molecule has 1 amide bonds. The Labute approximate surface area is 134 Å². The maximum absolute atomic E-state index is 12.3. The summed E-state index contributed by atoms with van der Waals surface area (Å²) >= 11 is 0. The summed E-state index contributed by atoms with van der Waals surface area (Å²) in [5.74, 6) is -2.10. The molecule has 0 heterocycles. The number of nitrogens with one attached hydrogen (secondary N) is 1. The van der Waals surface area contributed by atoms with E-state index in [2.05, 4.69) is 5.32 Å². The number of hydrogen-bond donors (Lipinski definition) is 2. The smallest absolute Gasteiger partial charge is 0.304 e. The number of carboxylic acid groups (broad SMARTS) is 1. The van der Waals surface area contributed by atoms with E-state index in [-0.39, 0.29) is 18.1 Å². The number of benzene rings is 2. The van der Waals surface area contributed by atoms with Crippen molar-refractivity contribution in [2.45, 2.75) is 13.3 Å². The predicted octanol–water partition coefficient (Wildman–Crippen LogP) is 2.97. The van der Waals surface area contributed by atoms with Gasteiger partial charge in [0.25, 0.3) is 0 Å². The first-order chi connectivity index (χ1) is 11.0. The fourth-order valence-corrected chi connectivity index (χ4v) is 2.08. The first-order valence-electron chi connectivity index (χ1n) is 7.20. The molecular weight excluding hydrogens is 294 g/mol. The molecule has 23 heavy (non-hydrogen) atoms. The minimum absolute atomic E-state index is 0.0947. The molecule has 118 valence electrons. The molecular formula is C18H17NO4. The first-order valence-corrected chi connectivity index (χ1v) is 7.20. The molecule has 0 aromatic heterocycles. The van der Waals surface area contributed by atoms with E-state index in [1.807, 2.05) is 6.07 Å². The molecule has 0 aliphatic carbocycles. The van der Waals surface area contributed by atoms with Crippen LogP contribution in [0.2, 0.25) is 0 Å². The molecule has 2 N–H and O–H groups in total. The van der Waals surface area contributed by atoms with Crippen LogP contribution >= 0.6 is 0 Å². The molecule has 2 aromatic carbocycles. The highest BCUT2D eigenvalue weighted by atomic mass is 16.4. The summed E-state index contributed by atoms with van der Waals surface area (Å²) in [5.41, 5.74) is 1.64. The monoisotopic (exact) mass is 311 g/mol. The Hall–Kier alpha value is -2.95. The van der Waals surface area contributed by atoms with Crippen LogP contribution in [0.4, 0.5) is 5.69 Å². The van der Waals surface area contributed by atoms with Crippen LogP contribution in [0.1, 0.15) is 29.3 Å². The third kappa shape index (κ3) is 4.51. The fraction of sp³-hybridized carbons (Fsp3) is 0.167. The molecule has 5 nitrogen and oxygen atoms in total. The molecule has 1 unspecified atom stereocenters. The minimum Gasteiger partial charge on any atom is -0.481 e. The Morgan fingerprint density at radius 1 is 0.957 bits per heavy atom. The van der Waals surface area contributed by atoms with Crippen LogP contribution in [0.25, 0.3) is 0 Å². The van der Waals surface area contributed by atoms with Crippen molar-refractivity contribution in [3.05, 3.63) is 65.7 Å². The van der Waals surface area contributed by atoms with Gasteiger partial charge in [-0.3, -0.25) is 14.4 Å². The standard InChI is InChI=1S/C18H17NO4/c1-12(11-16(20)21)18(23)19-15-9-7-14(8-10-15)17(22)13-5-3-2-4-6-13/h2-10,12H,11H2,1H3,(H,19,23)(H,20,21). The van der Waals surface area contributed by atoms with Crippen LogP contribution in [-0.2, 0) is 9.59 Å². The molecule has 1 atom stereocenters. The highest BCUT2D eigenvalue weighted by molar-refractivity contribution is 6.09. The number of anilines is 1. The van der Waals surface area contributed by atoms with E-state index in [1.54, 1.807) is 55.5 Å². The van der Waals surface area contributed by atoms with Gasteiger partial charge >= 0.3 is 5.97 Å². The fourth-order valence-electron chi connectivity index (χ4n) is 2.08. The van der Waals surface area contributed by atoms with Crippen molar-refractivity contribution < 1.29 is 19.5 Å². The van der Waals surface area contributed by atoms with Crippen LogP contribution in [-0.4, -0.2) is 22.8 Å². The summed E-state index contributed by atoms with van der Waals surface area (Å²) < 4.78 is 0. The van der Waals surface area contributed by atoms with Gasteiger partial charge in [-0.1, -0.05) is 37.3 Å². The van der Waals surface area contributed by atoms with Crippen molar-refractivity contribution >= 4 is 23.3 Å². The largest absolute Gasteiger partial charge is 0.481 e. The second-order valence-electron chi connectivity index (χ2n) is 5.26. The SMILES string of the molecule is CC(CC(=O)O)C(=O)Nc1ccc(C(=O)c2ccccc2)cc1. The Balaban J connectivity index is 2.04. The Bertz CT molecular complexity index is 708. The van der Waals surface area contributed by atoms with Gasteiger partial charge in [0.15, 0.2) is 5.78 Å². The lowest BCUT2D eigenvalue weighted by Crippen LogP contribution is -2.22. The number of hydrogen-bond acceptors (Lipinski definition) is 3. The van der Waals surface area contributed by atoms with E-state index in [0.29, 0.717) is 16.8 Å². The summed E-state index contributed by atoms with van der Waals surface area (Å²) in [5, 5.41) is 11.3. The predicted molar refractivity (Wildman–Crippen MR) is 86.4 cm³/mol. The molecule has 2 rings (SSSR count). The zero-order chi connectivity index (χ0) is 16.8. The van der Waals surface area contributed by atoms with Crippen molar-refractivity contribution in [1.82, 2.24) is 0 Å². The zero-order valence-electron chi connectivity index (χ0n) is 12.7. The third-order valence-corrected chi connectivity index (χ3v) is 3.38. The van der Waals surface area contributed by atoms with E-state index in [9.17, 15) is 14.4 Å². The maximum atomic E-state index is 12.3. The second kappa shape index (κ2) is 7.35. The number of amides is 1. The molecule has 0 saturated carbocycles. The number of aliphatic carboxylic acids is 1. The lowest BCUT2D eigenvalue weighted by Gasteiger charge is -2.10. The summed E-state index contributed by atoms with van der Waals surface area (Å²) in [6.45, 7) is 1.55. The molecule has 0 spiro atoms. The van der Waals surface area contributed by atoms with Crippen molar-refractivity contribution in [3.8, 4) is 0 Å². The number of rotatable bonds is 6. The van der Waals surface area contributed by atoms with Gasteiger partial charge in [0.2, 0.25) is 5.91 Å². The topological polar surface area (TPSA) is 83.5 Å². The van der Waals surface area contributed by atoms with Gasteiger partial charge in [-0.15, -0.1) is 0 Å². The highest BCUT2D eigenvalue weighted by Gasteiger charge is 2.16. The van der Waals surface area contributed by atoms with Crippen LogP contribution in [0, 0.1) is 5.92 Å². The van der Waals surface area contributed by atoms with Crippen molar-refractivity contribution in [1.29, 1.82) is 0 Å². The normalized spacial score (nSPS) is 11.5. The van der Waals surface area contributed by atoms with Gasteiger partial charge in [-0.05, 0) is 24.3 Å². The van der Waals surface area contributed by atoms with E-state index in [1.165, 1.54) is 0 Å². The molecule has 0 saturated heterocycles. The van der Waals surface area contributed by atoms with Gasteiger partial charge in [-0.25, -0.2) is 0 Å². The van der Waals surface area contributed by atoms with Gasteiger partial charge in [0.1, 0.15) is 0 Å². The summed E-state index contributed by atoms with van der Waals surface area (Å²) in [7, 11) is 0. The van der Waals surface area contributed by atoms with Crippen LogP contribution in [0.3, 0.4) is 0 Å². The maximum Gasteiger partial charge on any atom is 0.304 e. The quantitative estimate of drug-likeness (QED) is 0.803. The number of carbonyl (C=O) groups excluding carboxylic acids is 2. The van der Waals surface area contributed by atoms with Gasteiger partial charge in [0, 0.05) is 22.7 Å². The Morgan fingerprint density at radius 2 is 1.52 bits per heavy atom. The Kier molecular flexibility index (Phi) is 5.25. The molecule has 0 aliphatic heterocycles. The van der Waals surface area contributed by atoms with Crippen molar-refractivity contribution in [3.63, 3.8) is 0 Å². The van der Waals surface area contributed by atoms with Crippen LogP contribution < -0.4 is 5.32 Å². The van der Waals surface area contributed by atoms with E-state index >= 15 is 0 Å². The molecule has 0 fully saturated rings. The molecule has 5 heteroatoms. The first kappa shape index (κ1) is 16.4. The number of ketones is 1. The van der Waals surface area contributed by atoms with Gasteiger partial charge < -0.3 is 10.4 Å². The van der Waals surface area contributed by atoms with E-state index in [4.69, 9.17) is 5.11 Å². The van der Waals surface area contributed by atoms with Crippen molar-refractivity contribution in [2.75, 3.05) is 5.32 Å². The summed E-state index contributed by atoms with van der Waals surface area (Å²) in [4.78, 5) is 34.7. The second-order valence-corrected chi connectivity index (χ2v) is 5.26. The zero-order valence-corrected chi connectivity index (χ0v) is 12.7. The lowest BCUT2D eigenvalue weighted by atomic mass is 10.0. The summed E-state index contributed by atoms with van der Waals surface area (Å²) in [6.07, 6.45) is -0.226. The minimum atomic E-state index is -1.02. The average Bonchev–Trinajstić information content (AvgIpc) is 2.55. The van der Waals surface area contributed by atoms with Crippen LogP contribution in [0.5, 0.6) is 0 Å². The highest BCUT2D eigenvalue weighted by Crippen LogP contribution is 2.15. The molecule has 0 bridgehead atoms. The van der Waals surface area contributed by atoms with E-state index in [0.717, 1.165) is 0 Å². The van der Waals surface area contributed by atoms with Gasteiger partial charge in [0.05, 0.1) is 6.42 Å². The molecule has 0 radical (unpaired) electrons. The lowest BCUT2D eigenvalue weighted by molar-refractivity contribution is -0.139. The van der Waals surface area contributed by atoms with Crippen LogP contribution in [0.15, 0.2) is 54.6 Å². The Morgan fingerprint density at radius 3 is 2.09 bits per heavy atom. The molecule has 2 aromatic rings. The third-order valence-electron chi connectivity index (χ3n) is 3.38. The van der Waals surface area contributed by atoms with Crippen molar-refractivity contribution in [2.24, 2.45) is 5.92 Å². The number of carbonyl (C=O) groups is 3.